The number of methoxy groups -OCH3 is 1. The van der Waals surface area contributed by atoms with Gasteiger partial charge in [0.15, 0.2) is 0 Å². The third kappa shape index (κ3) is 4.15. The number of halogens is 1. The Hall–Kier alpha value is -2.89. The molecule has 3 rings (SSSR count). The van der Waals surface area contributed by atoms with Crippen molar-refractivity contribution in [2.75, 3.05) is 13.7 Å². The maximum absolute atomic E-state index is 13.0. The quantitative estimate of drug-likeness (QED) is 0.907. The highest BCUT2D eigenvalue weighted by Crippen LogP contribution is 2.17. The van der Waals surface area contributed by atoms with Gasteiger partial charge in [0.1, 0.15) is 11.6 Å². The van der Waals surface area contributed by atoms with Crippen molar-refractivity contribution in [3.8, 4) is 5.75 Å². The third-order valence-corrected chi connectivity index (χ3v) is 4.17. The van der Waals surface area contributed by atoms with E-state index in [1.54, 1.807) is 48.4 Å². The number of carbonyl (C=O) groups excluding carboxylic acids is 2. The second-order valence-electron chi connectivity index (χ2n) is 6.01. The lowest BCUT2D eigenvalue weighted by Crippen LogP contribution is -2.37. The largest absolute Gasteiger partial charge is 0.497 e. The van der Waals surface area contributed by atoms with E-state index < -0.39 is 0 Å². The molecule has 1 fully saturated rings. The van der Waals surface area contributed by atoms with E-state index in [1.807, 2.05) is 0 Å². The van der Waals surface area contributed by atoms with Gasteiger partial charge in [-0.15, -0.1) is 0 Å². The molecule has 0 aliphatic carbocycles. The highest BCUT2D eigenvalue weighted by Gasteiger charge is 2.30. The van der Waals surface area contributed by atoms with Gasteiger partial charge in [-0.2, -0.15) is 0 Å². The molecule has 1 saturated heterocycles. The Morgan fingerprint density at radius 3 is 2.76 bits per heavy atom. The van der Waals surface area contributed by atoms with Crippen molar-refractivity contribution in [3.63, 3.8) is 0 Å². The number of ether oxygens (including phenoxy) is 1. The molecular formula is C19H19FN2O3. The molecule has 130 valence electrons. The van der Waals surface area contributed by atoms with Gasteiger partial charge < -0.3 is 15.0 Å². The smallest absolute Gasteiger partial charge is 0.251 e. The molecule has 2 amide bonds. The van der Waals surface area contributed by atoms with E-state index in [2.05, 4.69) is 5.32 Å². The first-order valence-electron chi connectivity index (χ1n) is 8.02. The number of hydrogen-bond donors (Lipinski definition) is 1. The Labute approximate surface area is 145 Å². The topological polar surface area (TPSA) is 58.6 Å². The molecule has 0 spiro atoms. The van der Waals surface area contributed by atoms with Crippen LogP contribution in [0, 0.1) is 5.82 Å². The van der Waals surface area contributed by atoms with E-state index >= 15 is 0 Å². The first-order chi connectivity index (χ1) is 12.0. The van der Waals surface area contributed by atoms with Crippen molar-refractivity contribution in [2.24, 2.45) is 0 Å². The van der Waals surface area contributed by atoms with Gasteiger partial charge in [0.25, 0.3) is 5.91 Å². The number of hydrogen-bond acceptors (Lipinski definition) is 3. The van der Waals surface area contributed by atoms with Gasteiger partial charge in [-0.25, -0.2) is 4.39 Å². The molecule has 6 heteroatoms. The van der Waals surface area contributed by atoms with E-state index in [-0.39, 0.29) is 30.1 Å². The summed E-state index contributed by atoms with van der Waals surface area (Å²) in [7, 11) is 1.54. The zero-order chi connectivity index (χ0) is 17.8. The minimum atomic E-state index is -0.306. The highest BCUT2D eigenvalue weighted by molar-refractivity contribution is 5.95. The predicted molar refractivity (Wildman–Crippen MR) is 90.7 cm³/mol. The third-order valence-electron chi connectivity index (χ3n) is 4.17. The summed E-state index contributed by atoms with van der Waals surface area (Å²) < 4.78 is 18.1. The molecule has 0 radical (unpaired) electrons. The Morgan fingerprint density at radius 1 is 1.28 bits per heavy atom. The fraction of sp³-hybridized carbons (Fsp3) is 0.263. The monoisotopic (exact) mass is 342 g/mol. The van der Waals surface area contributed by atoms with Crippen LogP contribution in [0.4, 0.5) is 4.39 Å². The maximum Gasteiger partial charge on any atom is 0.251 e. The van der Waals surface area contributed by atoms with Crippen LogP contribution in [0.15, 0.2) is 48.5 Å². The summed E-state index contributed by atoms with van der Waals surface area (Å²) in [6, 6.07) is 12.7. The van der Waals surface area contributed by atoms with E-state index in [4.69, 9.17) is 4.74 Å². The van der Waals surface area contributed by atoms with Crippen LogP contribution in [0.2, 0.25) is 0 Å². The molecule has 1 heterocycles. The molecule has 1 N–H and O–H groups in total. The van der Waals surface area contributed by atoms with Crippen molar-refractivity contribution in [2.45, 2.75) is 19.0 Å². The second-order valence-corrected chi connectivity index (χ2v) is 6.01. The van der Waals surface area contributed by atoms with Gasteiger partial charge in [-0.1, -0.05) is 18.2 Å². The zero-order valence-corrected chi connectivity index (χ0v) is 13.9. The van der Waals surface area contributed by atoms with Gasteiger partial charge in [0.2, 0.25) is 5.91 Å². The van der Waals surface area contributed by atoms with Crippen LogP contribution < -0.4 is 10.1 Å². The molecule has 1 aliphatic rings. The number of nitrogens with one attached hydrogen (secondary N) is 1. The first-order valence-corrected chi connectivity index (χ1v) is 8.02. The van der Waals surface area contributed by atoms with Crippen molar-refractivity contribution in [3.05, 3.63) is 65.5 Å². The fourth-order valence-electron chi connectivity index (χ4n) is 2.86. The Kier molecular flexibility index (Phi) is 4.97. The molecule has 1 atom stereocenters. The Morgan fingerprint density at radius 2 is 2.04 bits per heavy atom. The van der Waals surface area contributed by atoms with Gasteiger partial charge in [-0.05, 0) is 35.9 Å². The van der Waals surface area contributed by atoms with E-state index in [1.165, 1.54) is 12.1 Å². The summed E-state index contributed by atoms with van der Waals surface area (Å²) in [5, 5.41) is 2.88. The molecule has 2 aromatic rings. The number of rotatable bonds is 5. The Balaban J connectivity index is 1.60. The van der Waals surface area contributed by atoms with Crippen LogP contribution >= 0.6 is 0 Å². The lowest BCUT2D eigenvalue weighted by atomic mass is 10.1. The van der Waals surface area contributed by atoms with Crippen LogP contribution in [-0.2, 0) is 11.3 Å². The summed E-state index contributed by atoms with van der Waals surface area (Å²) in [6.07, 6.45) is 0.261. The van der Waals surface area contributed by atoms with Gasteiger partial charge >= 0.3 is 0 Å². The molecule has 2 aromatic carbocycles. The molecule has 0 saturated carbocycles. The van der Waals surface area contributed by atoms with Gasteiger partial charge in [0.05, 0.1) is 13.2 Å². The first kappa shape index (κ1) is 17.0. The van der Waals surface area contributed by atoms with Gasteiger partial charge in [-0.3, -0.25) is 9.59 Å². The zero-order valence-electron chi connectivity index (χ0n) is 13.9. The van der Waals surface area contributed by atoms with E-state index in [0.29, 0.717) is 24.4 Å². The SMILES string of the molecule is COc1cccc(C(=O)N[C@H]2CC(=O)N(Cc3ccc(F)cc3)C2)c1. The van der Waals surface area contributed by atoms with E-state index in [9.17, 15) is 14.0 Å². The molecule has 0 aromatic heterocycles. The second kappa shape index (κ2) is 7.34. The van der Waals surface area contributed by atoms with Crippen LogP contribution in [0.1, 0.15) is 22.3 Å². The summed E-state index contributed by atoms with van der Waals surface area (Å²) in [5.74, 6) is 0.0358. The maximum atomic E-state index is 13.0. The number of likely N-dealkylation sites (tertiary alicyclic amines) is 1. The molecule has 0 bridgehead atoms. The predicted octanol–water partition coefficient (Wildman–Crippen LogP) is 2.37. The summed E-state index contributed by atoms with van der Waals surface area (Å²) in [5.41, 5.74) is 1.35. The summed E-state index contributed by atoms with van der Waals surface area (Å²) in [6.45, 7) is 0.844. The number of nitrogens with zero attached hydrogens (tertiary/aromatic N) is 1. The minimum absolute atomic E-state index is 0.0275. The van der Waals surface area contributed by atoms with Crippen LogP contribution in [0.3, 0.4) is 0 Å². The molecule has 0 unspecified atom stereocenters. The van der Waals surface area contributed by atoms with Crippen LogP contribution in [0.25, 0.3) is 0 Å². The highest BCUT2D eigenvalue weighted by atomic mass is 19.1. The van der Waals surface area contributed by atoms with Crippen molar-refractivity contribution < 1.29 is 18.7 Å². The standard InChI is InChI=1S/C19H19FN2O3/c1-25-17-4-2-3-14(9-17)19(24)21-16-10-18(23)22(12-16)11-13-5-7-15(20)8-6-13/h2-9,16H,10-12H2,1H3,(H,21,24)/t16-/m0/s1. The Bertz CT molecular complexity index is 776. The number of carbonyl (C=O) groups is 2. The molecule has 5 nitrogen and oxygen atoms in total. The fourth-order valence-corrected chi connectivity index (χ4v) is 2.86. The molecule has 25 heavy (non-hydrogen) atoms. The minimum Gasteiger partial charge on any atom is -0.497 e. The average molecular weight is 342 g/mol. The van der Waals surface area contributed by atoms with E-state index in [0.717, 1.165) is 5.56 Å². The molecule has 1 aliphatic heterocycles. The van der Waals surface area contributed by atoms with Crippen molar-refractivity contribution in [1.82, 2.24) is 10.2 Å². The lowest BCUT2D eigenvalue weighted by Gasteiger charge is -2.17. The van der Waals surface area contributed by atoms with Crippen LogP contribution in [-0.4, -0.2) is 36.4 Å². The lowest BCUT2D eigenvalue weighted by molar-refractivity contribution is -0.128. The van der Waals surface area contributed by atoms with Crippen molar-refractivity contribution in [1.29, 1.82) is 0 Å². The number of amides is 2. The van der Waals surface area contributed by atoms with Gasteiger partial charge in [0, 0.05) is 25.1 Å². The molecular weight excluding hydrogens is 323 g/mol. The number of benzene rings is 2. The normalized spacial score (nSPS) is 16.8. The van der Waals surface area contributed by atoms with Crippen LogP contribution in [0.5, 0.6) is 5.75 Å². The van der Waals surface area contributed by atoms with Crippen molar-refractivity contribution >= 4 is 11.8 Å². The average Bonchev–Trinajstić information content (AvgIpc) is 2.96. The summed E-state index contributed by atoms with van der Waals surface area (Å²) in [4.78, 5) is 26.2. The summed E-state index contributed by atoms with van der Waals surface area (Å²) >= 11 is 0.